The third kappa shape index (κ3) is 2.93. The van der Waals surface area contributed by atoms with Gasteiger partial charge in [0.1, 0.15) is 0 Å². The van der Waals surface area contributed by atoms with Gasteiger partial charge in [-0.05, 0) is 25.0 Å². The van der Waals surface area contributed by atoms with Crippen molar-refractivity contribution in [2.75, 3.05) is 13.1 Å². The van der Waals surface area contributed by atoms with Gasteiger partial charge in [-0.25, -0.2) is 0 Å². The molecule has 1 fully saturated rings. The van der Waals surface area contributed by atoms with E-state index in [2.05, 4.69) is 15.2 Å². The minimum Gasteiger partial charge on any atom is -0.353 e. The van der Waals surface area contributed by atoms with Crippen LogP contribution in [0.3, 0.4) is 0 Å². The van der Waals surface area contributed by atoms with Crippen molar-refractivity contribution in [2.45, 2.75) is 38.4 Å². The van der Waals surface area contributed by atoms with Gasteiger partial charge in [-0.2, -0.15) is 0 Å². The van der Waals surface area contributed by atoms with Crippen LogP contribution < -0.4 is 11.1 Å². The number of nitrogens with zero attached hydrogens (tertiary/aromatic N) is 2. The molecule has 5 heteroatoms. The third-order valence-electron chi connectivity index (χ3n) is 3.64. The molecular formula is C14H22N4O. The summed E-state index contributed by atoms with van der Waals surface area (Å²) in [5, 5.41) is 2.92. The second-order valence-electron chi connectivity index (χ2n) is 5.04. The summed E-state index contributed by atoms with van der Waals surface area (Å²) in [5.74, 6) is 0.100. The maximum atomic E-state index is 12.0. The van der Waals surface area contributed by atoms with Crippen molar-refractivity contribution in [3.05, 3.63) is 30.1 Å². The molecule has 0 saturated carbocycles. The number of carbonyl (C=O) groups is 1. The van der Waals surface area contributed by atoms with E-state index < -0.39 is 0 Å². The zero-order chi connectivity index (χ0) is 13.8. The normalized spacial score (nSPS) is 23.7. The average Bonchev–Trinajstić information content (AvgIpc) is 2.40. The first-order chi connectivity index (χ1) is 9.15. The predicted octanol–water partition coefficient (Wildman–Crippen LogP) is 0.680. The number of hydrogen-bond donors (Lipinski definition) is 2. The minimum atomic E-state index is -0.107. The van der Waals surface area contributed by atoms with E-state index >= 15 is 0 Å². The highest BCUT2D eigenvalue weighted by Gasteiger charge is 2.35. The Hall–Kier alpha value is -1.46. The van der Waals surface area contributed by atoms with E-state index in [1.54, 1.807) is 6.20 Å². The molecule has 0 aromatic carbocycles. The SMILES string of the molecule is CCC1C(=O)NCCN1C(c1cccnc1)C(C)N. The Morgan fingerprint density at radius 2 is 2.42 bits per heavy atom. The highest BCUT2D eigenvalue weighted by molar-refractivity contribution is 5.82. The van der Waals surface area contributed by atoms with Crippen molar-refractivity contribution in [1.29, 1.82) is 0 Å². The van der Waals surface area contributed by atoms with Crippen LogP contribution in [0.4, 0.5) is 0 Å². The Bertz CT molecular complexity index is 421. The molecule has 1 aliphatic heterocycles. The van der Waals surface area contributed by atoms with Crippen LogP contribution in [0.15, 0.2) is 24.5 Å². The van der Waals surface area contributed by atoms with Gasteiger partial charge in [-0.15, -0.1) is 0 Å². The molecule has 0 radical (unpaired) electrons. The predicted molar refractivity (Wildman–Crippen MR) is 74.4 cm³/mol. The smallest absolute Gasteiger partial charge is 0.237 e. The summed E-state index contributed by atoms with van der Waals surface area (Å²) in [7, 11) is 0. The second-order valence-corrected chi connectivity index (χ2v) is 5.04. The fourth-order valence-corrected chi connectivity index (χ4v) is 2.83. The zero-order valence-corrected chi connectivity index (χ0v) is 11.5. The monoisotopic (exact) mass is 262 g/mol. The van der Waals surface area contributed by atoms with Crippen molar-refractivity contribution >= 4 is 5.91 Å². The van der Waals surface area contributed by atoms with Gasteiger partial charge in [-0.1, -0.05) is 13.0 Å². The molecule has 2 heterocycles. The Morgan fingerprint density at radius 1 is 1.63 bits per heavy atom. The molecule has 1 aliphatic rings. The molecule has 0 spiro atoms. The van der Waals surface area contributed by atoms with Gasteiger partial charge in [-0.3, -0.25) is 14.7 Å². The van der Waals surface area contributed by atoms with Gasteiger partial charge in [0.25, 0.3) is 0 Å². The summed E-state index contributed by atoms with van der Waals surface area (Å²) < 4.78 is 0. The van der Waals surface area contributed by atoms with Crippen molar-refractivity contribution in [1.82, 2.24) is 15.2 Å². The average molecular weight is 262 g/mol. The molecular weight excluding hydrogens is 240 g/mol. The molecule has 2 rings (SSSR count). The molecule has 1 aromatic heterocycles. The van der Waals surface area contributed by atoms with Gasteiger partial charge >= 0.3 is 0 Å². The number of pyridine rings is 1. The third-order valence-corrected chi connectivity index (χ3v) is 3.64. The minimum absolute atomic E-state index is 0.0321. The quantitative estimate of drug-likeness (QED) is 0.837. The Labute approximate surface area is 114 Å². The number of rotatable bonds is 4. The zero-order valence-electron chi connectivity index (χ0n) is 11.5. The van der Waals surface area contributed by atoms with Crippen LogP contribution in [0.1, 0.15) is 31.9 Å². The Balaban J connectivity index is 2.30. The number of hydrogen-bond acceptors (Lipinski definition) is 4. The molecule has 104 valence electrons. The lowest BCUT2D eigenvalue weighted by Crippen LogP contribution is -2.58. The topological polar surface area (TPSA) is 71.2 Å². The lowest BCUT2D eigenvalue weighted by molar-refractivity contribution is -0.130. The second kappa shape index (κ2) is 6.12. The van der Waals surface area contributed by atoms with Gasteiger partial charge < -0.3 is 11.1 Å². The van der Waals surface area contributed by atoms with Crippen molar-refractivity contribution in [3.8, 4) is 0 Å². The molecule has 1 aromatic rings. The lowest BCUT2D eigenvalue weighted by atomic mass is 9.96. The fraction of sp³-hybridized carbons (Fsp3) is 0.571. The summed E-state index contributed by atoms with van der Waals surface area (Å²) in [6, 6.07) is 3.81. The highest BCUT2D eigenvalue weighted by atomic mass is 16.2. The number of nitrogens with one attached hydrogen (secondary N) is 1. The number of carbonyl (C=O) groups excluding carboxylic acids is 1. The molecule has 0 bridgehead atoms. The van der Waals surface area contributed by atoms with Gasteiger partial charge in [0.2, 0.25) is 5.91 Å². The Kier molecular flexibility index (Phi) is 4.50. The molecule has 3 N–H and O–H groups in total. The molecule has 1 amide bonds. The van der Waals surface area contributed by atoms with E-state index in [0.29, 0.717) is 6.54 Å². The fourth-order valence-electron chi connectivity index (χ4n) is 2.83. The van der Waals surface area contributed by atoms with Crippen molar-refractivity contribution in [2.24, 2.45) is 5.73 Å². The maximum Gasteiger partial charge on any atom is 0.237 e. The molecule has 5 nitrogen and oxygen atoms in total. The van der Waals surface area contributed by atoms with Gasteiger partial charge in [0.05, 0.1) is 12.1 Å². The van der Waals surface area contributed by atoms with Gasteiger partial charge in [0.15, 0.2) is 0 Å². The number of aromatic nitrogens is 1. The summed E-state index contributed by atoms with van der Waals surface area (Å²) in [6.45, 7) is 5.52. The first-order valence-corrected chi connectivity index (χ1v) is 6.84. The van der Waals surface area contributed by atoms with Crippen LogP contribution in [-0.2, 0) is 4.79 Å². The molecule has 1 saturated heterocycles. The molecule has 3 atom stereocenters. The number of nitrogens with two attached hydrogens (primary N) is 1. The van der Waals surface area contributed by atoms with Crippen LogP contribution in [0.5, 0.6) is 0 Å². The van der Waals surface area contributed by atoms with Crippen molar-refractivity contribution in [3.63, 3.8) is 0 Å². The van der Waals surface area contributed by atoms with Crippen LogP contribution in [0.25, 0.3) is 0 Å². The first kappa shape index (κ1) is 14.0. The van der Waals surface area contributed by atoms with Crippen LogP contribution in [-0.4, -0.2) is 41.0 Å². The van der Waals surface area contributed by atoms with E-state index in [0.717, 1.165) is 18.5 Å². The summed E-state index contributed by atoms with van der Waals surface area (Å²) in [4.78, 5) is 18.4. The van der Waals surface area contributed by atoms with E-state index in [9.17, 15) is 4.79 Å². The first-order valence-electron chi connectivity index (χ1n) is 6.84. The molecule has 19 heavy (non-hydrogen) atoms. The number of piperazine rings is 1. The number of amides is 1. The van der Waals surface area contributed by atoms with E-state index in [1.807, 2.05) is 32.2 Å². The summed E-state index contributed by atoms with van der Waals surface area (Å²) in [6.07, 6.45) is 4.38. The van der Waals surface area contributed by atoms with Crippen LogP contribution in [0, 0.1) is 0 Å². The lowest BCUT2D eigenvalue weighted by Gasteiger charge is -2.41. The van der Waals surface area contributed by atoms with E-state index in [-0.39, 0.29) is 24.0 Å². The van der Waals surface area contributed by atoms with Crippen LogP contribution >= 0.6 is 0 Å². The highest BCUT2D eigenvalue weighted by Crippen LogP contribution is 2.27. The largest absolute Gasteiger partial charge is 0.353 e. The maximum absolute atomic E-state index is 12.0. The molecule has 0 aliphatic carbocycles. The standard InChI is InChI=1S/C14H22N4O/c1-3-12-14(19)17-7-8-18(12)13(10(2)15)11-5-4-6-16-9-11/h4-6,9-10,12-13H,3,7-8,15H2,1-2H3,(H,17,19). The molecule has 3 unspecified atom stereocenters. The summed E-state index contributed by atoms with van der Waals surface area (Å²) >= 11 is 0. The Morgan fingerprint density at radius 3 is 3.00 bits per heavy atom. The van der Waals surface area contributed by atoms with E-state index in [4.69, 9.17) is 5.73 Å². The van der Waals surface area contributed by atoms with Crippen LogP contribution in [0.2, 0.25) is 0 Å². The van der Waals surface area contributed by atoms with Gasteiger partial charge in [0, 0.05) is 31.5 Å². The van der Waals surface area contributed by atoms with E-state index in [1.165, 1.54) is 0 Å². The van der Waals surface area contributed by atoms with Crippen molar-refractivity contribution < 1.29 is 4.79 Å². The summed E-state index contributed by atoms with van der Waals surface area (Å²) in [5.41, 5.74) is 7.24.